The molecule has 1 saturated heterocycles. The summed E-state index contributed by atoms with van der Waals surface area (Å²) < 4.78 is 45.5. The van der Waals surface area contributed by atoms with Gasteiger partial charge in [-0.05, 0) is 48.4 Å². The third-order valence-corrected chi connectivity index (χ3v) is 6.74. The zero-order valence-electron chi connectivity index (χ0n) is 16.4. The van der Waals surface area contributed by atoms with E-state index in [2.05, 4.69) is 10.6 Å². The van der Waals surface area contributed by atoms with Crippen LogP contribution in [0.1, 0.15) is 12.0 Å². The Morgan fingerprint density at radius 3 is 2.39 bits per heavy atom. The summed E-state index contributed by atoms with van der Waals surface area (Å²) in [5, 5.41) is 5.43. The van der Waals surface area contributed by atoms with Crippen molar-refractivity contribution in [2.24, 2.45) is 0 Å². The van der Waals surface area contributed by atoms with E-state index in [0.717, 1.165) is 22.0 Å². The molecule has 1 atom stereocenters. The van der Waals surface area contributed by atoms with Gasteiger partial charge in [-0.25, -0.2) is 12.8 Å². The lowest BCUT2D eigenvalue weighted by Crippen LogP contribution is -2.53. The molecule has 0 aliphatic carbocycles. The van der Waals surface area contributed by atoms with Gasteiger partial charge in [-0.3, -0.25) is 9.59 Å². The van der Waals surface area contributed by atoms with Gasteiger partial charge in [-0.2, -0.15) is 4.31 Å². The van der Waals surface area contributed by atoms with E-state index in [9.17, 15) is 22.4 Å². The molecule has 0 unspecified atom stereocenters. The van der Waals surface area contributed by atoms with Crippen LogP contribution in [-0.2, 0) is 30.9 Å². The standard InChI is InChI=1S/C20H21ClFN3O5S/c21-15-4-2-14(3-5-15)12-23-19(26)20(27)24-13-18-25(10-1-11-30-18)31(28,29)17-8-6-16(22)7-9-17/h2-9,18H,1,10-13H2,(H,23,26)(H,24,27)/t18-/m1/s1. The quantitative estimate of drug-likeness (QED) is 0.626. The first kappa shape index (κ1) is 23.1. The predicted molar refractivity (Wildman–Crippen MR) is 111 cm³/mol. The minimum Gasteiger partial charge on any atom is -0.360 e. The highest BCUT2D eigenvalue weighted by Gasteiger charge is 2.35. The van der Waals surface area contributed by atoms with Crippen molar-refractivity contribution >= 4 is 33.4 Å². The number of rotatable bonds is 6. The number of benzene rings is 2. The van der Waals surface area contributed by atoms with E-state index in [1.807, 2.05) is 0 Å². The fourth-order valence-electron chi connectivity index (χ4n) is 2.97. The summed E-state index contributed by atoms with van der Waals surface area (Å²) in [5.41, 5.74) is 0.762. The van der Waals surface area contributed by atoms with Crippen molar-refractivity contribution in [3.8, 4) is 0 Å². The molecule has 0 aromatic heterocycles. The second kappa shape index (κ2) is 10.2. The first-order valence-corrected chi connectivity index (χ1v) is 11.3. The second-order valence-corrected chi connectivity index (χ2v) is 9.09. The van der Waals surface area contributed by atoms with Crippen molar-refractivity contribution in [2.75, 3.05) is 19.7 Å². The molecule has 1 fully saturated rings. The predicted octanol–water partition coefficient (Wildman–Crippen LogP) is 1.65. The van der Waals surface area contributed by atoms with E-state index < -0.39 is 33.9 Å². The van der Waals surface area contributed by atoms with Crippen molar-refractivity contribution < 1.29 is 27.1 Å². The van der Waals surface area contributed by atoms with Gasteiger partial charge in [0.25, 0.3) is 0 Å². The number of hydrogen-bond acceptors (Lipinski definition) is 5. The number of nitrogens with one attached hydrogen (secondary N) is 2. The third kappa shape index (κ3) is 6.01. The fourth-order valence-corrected chi connectivity index (χ4v) is 4.66. The van der Waals surface area contributed by atoms with Crippen LogP contribution in [-0.4, -0.2) is 50.5 Å². The number of amides is 2. The summed E-state index contributed by atoms with van der Waals surface area (Å²) in [6.07, 6.45) is -0.524. The molecule has 0 bridgehead atoms. The number of ether oxygens (including phenoxy) is 1. The smallest absolute Gasteiger partial charge is 0.309 e. The molecule has 31 heavy (non-hydrogen) atoms. The summed E-state index contributed by atoms with van der Waals surface area (Å²) in [4.78, 5) is 24.1. The number of carbonyl (C=O) groups is 2. The Hall–Kier alpha value is -2.53. The molecule has 1 aliphatic heterocycles. The second-order valence-electron chi connectivity index (χ2n) is 6.77. The summed E-state index contributed by atoms with van der Waals surface area (Å²) in [6, 6.07) is 11.2. The van der Waals surface area contributed by atoms with Crippen LogP contribution < -0.4 is 10.6 Å². The monoisotopic (exact) mass is 469 g/mol. The fraction of sp³-hybridized carbons (Fsp3) is 0.300. The van der Waals surface area contributed by atoms with Gasteiger partial charge in [0.05, 0.1) is 18.0 Å². The highest BCUT2D eigenvalue weighted by atomic mass is 35.5. The highest BCUT2D eigenvalue weighted by molar-refractivity contribution is 7.89. The van der Waals surface area contributed by atoms with Crippen LogP contribution >= 0.6 is 11.6 Å². The number of halogens is 2. The first-order chi connectivity index (χ1) is 14.8. The van der Waals surface area contributed by atoms with Crippen LogP contribution in [0, 0.1) is 5.82 Å². The average molecular weight is 470 g/mol. The Morgan fingerprint density at radius 2 is 1.71 bits per heavy atom. The Morgan fingerprint density at radius 1 is 1.06 bits per heavy atom. The topological polar surface area (TPSA) is 105 Å². The molecule has 0 saturated carbocycles. The van der Waals surface area contributed by atoms with Gasteiger partial charge in [-0.15, -0.1) is 0 Å². The van der Waals surface area contributed by atoms with Gasteiger partial charge in [0, 0.05) is 18.1 Å². The van der Waals surface area contributed by atoms with Gasteiger partial charge in [0.1, 0.15) is 12.0 Å². The Balaban J connectivity index is 1.58. The van der Waals surface area contributed by atoms with E-state index >= 15 is 0 Å². The van der Waals surface area contributed by atoms with E-state index in [1.54, 1.807) is 24.3 Å². The van der Waals surface area contributed by atoms with Crippen molar-refractivity contribution in [3.63, 3.8) is 0 Å². The number of hydrogen-bond donors (Lipinski definition) is 2. The minimum absolute atomic E-state index is 0.0866. The maximum Gasteiger partial charge on any atom is 0.309 e. The Bertz CT molecular complexity index is 1030. The van der Waals surface area contributed by atoms with Gasteiger partial charge in [-0.1, -0.05) is 23.7 Å². The molecular weight excluding hydrogens is 449 g/mol. The van der Waals surface area contributed by atoms with E-state index in [0.29, 0.717) is 18.1 Å². The average Bonchev–Trinajstić information content (AvgIpc) is 2.77. The minimum atomic E-state index is -3.97. The molecule has 166 valence electrons. The van der Waals surface area contributed by atoms with Crippen LogP contribution in [0.15, 0.2) is 53.4 Å². The number of nitrogens with zero attached hydrogens (tertiary/aromatic N) is 1. The highest BCUT2D eigenvalue weighted by Crippen LogP contribution is 2.22. The van der Waals surface area contributed by atoms with Gasteiger partial charge in [0.2, 0.25) is 10.0 Å². The summed E-state index contributed by atoms with van der Waals surface area (Å²) >= 11 is 5.80. The van der Waals surface area contributed by atoms with Crippen molar-refractivity contribution in [1.82, 2.24) is 14.9 Å². The van der Waals surface area contributed by atoms with Crippen molar-refractivity contribution in [1.29, 1.82) is 0 Å². The van der Waals surface area contributed by atoms with Crippen LogP contribution in [0.5, 0.6) is 0 Å². The molecule has 1 heterocycles. The van der Waals surface area contributed by atoms with Gasteiger partial charge in [0.15, 0.2) is 0 Å². The van der Waals surface area contributed by atoms with Crippen molar-refractivity contribution in [2.45, 2.75) is 24.1 Å². The maximum absolute atomic E-state index is 13.1. The third-order valence-electron chi connectivity index (χ3n) is 4.58. The summed E-state index contributed by atoms with van der Waals surface area (Å²) in [7, 11) is -3.97. The van der Waals surface area contributed by atoms with E-state index in [4.69, 9.17) is 16.3 Å². The molecule has 2 aromatic carbocycles. The molecule has 2 amide bonds. The van der Waals surface area contributed by atoms with Gasteiger partial charge >= 0.3 is 11.8 Å². The lowest BCUT2D eigenvalue weighted by Gasteiger charge is -2.34. The van der Waals surface area contributed by atoms with Crippen LogP contribution in [0.3, 0.4) is 0 Å². The first-order valence-electron chi connectivity index (χ1n) is 9.47. The molecule has 11 heteroatoms. The maximum atomic E-state index is 13.1. The molecular formula is C20H21ClFN3O5S. The Labute approximate surface area is 184 Å². The zero-order valence-corrected chi connectivity index (χ0v) is 18.0. The van der Waals surface area contributed by atoms with Gasteiger partial charge < -0.3 is 15.4 Å². The normalized spacial score (nSPS) is 17.2. The SMILES string of the molecule is O=C(NCc1ccc(Cl)cc1)C(=O)NC[C@H]1OCCCN1S(=O)(=O)c1ccc(F)cc1. The number of carbonyl (C=O) groups excluding carboxylic acids is 2. The van der Waals surface area contributed by atoms with Crippen molar-refractivity contribution in [3.05, 3.63) is 64.9 Å². The zero-order chi connectivity index (χ0) is 22.4. The molecule has 3 rings (SSSR count). The summed E-state index contributed by atoms with van der Waals surface area (Å²) in [6.45, 7) is 0.393. The molecule has 2 aromatic rings. The van der Waals surface area contributed by atoms with Crippen LogP contribution in [0.2, 0.25) is 5.02 Å². The Kier molecular flexibility index (Phi) is 7.60. The molecule has 1 aliphatic rings. The van der Waals surface area contributed by atoms with E-state index in [1.165, 1.54) is 12.1 Å². The molecule has 0 spiro atoms. The lowest BCUT2D eigenvalue weighted by molar-refractivity contribution is -0.140. The van der Waals surface area contributed by atoms with E-state index in [-0.39, 0.29) is 24.5 Å². The molecule has 2 N–H and O–H groups in total. The van der Waals surface area contributed by atoms with Crippen LogP contribution in [0.25, 0.3) is 0 Å². The largest absolute Gasteiger partial charge is 0.360 e. The lowest BCUT2D eigenvalue weighted by atomic mass is 10.2. The number of sulfonamides is 1. The summed E-state index contributed by atoms with van der Waals surface area (Å²) in [5.74, 6) is -2.33. The van der Waals surface area contributed by atoms with Crippen LogP contribution in [0.4, 0.5) is 4.39 Å². The molecule has 0 radical (unpaired) electrons. The molecule has 8 nitrogen and oxygen atoms in total.